The number of nitrogens with zero attached hydrogens (tertiary/aromatic N) is 2. The zero-order valence-corrected chi connectivity index (χ0v) is 16.5. The van der Waals surface area contributed by atoms with Crippen LogP contribution in [0.25, 0.3) is 0 Å². The maximum atomic E-state index is 12.8. The Balaban J connectivity index is 1.98. The Kier molecular flexibility index (Phi) is 5.43. The molecule has 0 fully saturated rings. The van der Waals surface area contributed by atoms with Crippen molar-refractivity contribution < 1.29 is 22.8 Å². The normalized spacial score (nSPS) is 16.2. The van der Waals surface area contributed by atoms with Crippen molar-refractivity contribution in [3.05, 3.63) is 52.1 Å². The molecule has 0 aliphatic carbocycles. The van der Waals surface area contributed by atoms with Gasteiger partial charge in [-0.2, -0.15) is 0 Å². The summed E-state index contributed by atoms with van der Waals surface area (Å²) in [6.45, 7) is 0.401. The highest BCUT2D eigenvalue weighted by atomic mass is 32.2. The number of nitrogens with one attached hydrogen (secondary N) is 1. The molecule has 2 aromatic rings. The van der Waals surface area contributed by atoms with Crippen molar-refractivity contribution in [2.45, 2.75) is 17.4 Å². The lowest BCUT2D eigenvalue weighted by molar-refractivity contribution is -0.385. The molecule has 1 aliphatic heterocycles. The van der Waals surface area contributed by atoms with Crippen molar-refractivity contribution in [2.24, 2.45) is 0 Å². The number of likely N-dealkylation sites (N-methyl/N-ethyl adjacent to an activating group) is 1. The predicted molar refractivity (Wildman–Crippen MR) is 104 cm³/mol. The molecule has 2 aromatic carbocycles. The smallest absolute Gasteiger partial charge is 0.270 e. The summed E-state index contributed by atoms with van der Waals surface area (Å²) >= 11 is 0. The molecule has 28 heavy (non-hydrogen) atoms. The second kappa shape index (κ2) is 7.64. The van der Waals surface area contributed by atoms with Gasteiger partial charge in [-0.15, -0.1) is 0 Å². The maximum Gasteiger partial charge on any atom is 0.270 e. The van der Waals surface area contributed by atoms with Crippen LogP contribution in [0.5, 0.6) is 11.5 Å². The summed E-state index contributed by atoms with van der Waals surface area (Å²) in [7, 11) is 1.40. The molecule has 0 bridgehead atoms. The molecule has 0 aromatic heterocycles. The van der Waals surface area contributed by atoms with E-state index in [0.29, 0.717) is 24.5 Å². The van der Waals surface area contributed by atoms with Crippen LogP contribution in [0.15, 0.2) is 41.3 Å². The second-order valence-electron chi connectivity index (χ2n) is 6.62. The Bertz CT molecular complexity index is 1010. The molecule has 0 amide bonds. The third-order valence-corrected chi connectivity index (χ3v) is 5.97. The van der Waals surface area contributed by atoms with Crippen LogP contribution in [0.2, 0.25) is 0 Å². The zero-order chi connectivity index (χ0) is 20.5. The van der Waals surface area contributed by atoms with Gasteiger partial charge in [0.25, 0.3) is 15.7 Å². The van der Waals surface area contributed by atoms with Gasteiger partial charge in [-0.25, -0.2) is 8.42 Å². The Labute approximate surface area is 163 Å². The first-order valence-electron chi connectivity index (χ1n) is 8.49. The van der Waals surface area contributed by atoms with Crippen LogP contribution in [0, 0.1) is 10.1 Å². The SMILES string of the molecule is COc1ccc(NS(=O)(=O)c2cccc([N+](=O)[O-])c2)c2c1C[C@@H](N(C)C)CO2. The van der Waals surface area contributed by atoms with E-state index in [1.54, 1.807) is 19.2 Å². The van der Waals surface area contributed by atoms with Gasteiger partial charge in [-0.3, -0.25) is 14.8 Å². The molecule has 1 aliphatic rings. The Morgan fingerprint density at radius 2 is 2.04 bits per heavy atom. The van der Waals surface area contributed by atoms with E-state index >= 15 is 0 Å². The summed E-state index contributed by atoms with van der Waals surface area (Å²) in [5.41, 5.74) is 0.732. The average Bonchev–Trinajstić information content (AvgIpc) is 2.67. The van der Waals surface area contributed by atoms with E-state index in [1.165, 1.54) is 18.2 Å². The van der Waals surface area contributed by atoms with E-state index in [1.807, 2.05) is 19.0 Å². The van der Waals surface area contributed by atoms with Gasteiger partial charge in [0.15, 0.2) is 0 Å². The predicted octanol–water partition coefficient (Wildman–Crippen LogP) is 2.27. The van der Waals surface area contributed by atoms with Crippen molar-refractivity contribution >= 4 is 21.4 Å². The van der Waals surface area contributed by atoms with Crippen molar-refractivity contribution in [1.82, 2.24) is 4.90 Å². The van der Waals surface area contributed by atoms with E-state index < -0.39 is 14.9 Å². The molecular weight excluding hydrogens is 386 g/mol. The monoisotopic (exact) mass is 407 g/mol. The van der Waals surface area contributed by atoms with Crippen LogP contribution in [0.4, 0.5) is 11.4 Å². The summed E-state index contributed by atoms with van der Waals surface area (Å²) in [6.07, 6.45) is 0.637. The van der Waals surface area contributed by atoms with Gasteiger partial charge in [0.2, 0.25) is 0 Å². The van der Waals surface area contributed by atoms with Crippen LogP contribution >= 0.6 is 0 Å². The Hall–Kier alpha value is -2.85. The lowest BCUT2D eigenvalue weighted by Crippen LogP contribution is -2.38. The summed E-state index contributed by atoms with van der Waals surface area (Å²) in [4.78, 5) is 12.1. The van der Waals surface area contributed by atoms with Crippen molar-refractivity contribution in [1.29, 1.82) is 0 Å². The summed E-state index contributed by atoms with van der Waals surface area (Å²) in [6, 6.07) is 8.24. The van der Waals surface area contributed by atoms with E-state index in [4.69, 9.17) is 9.47 Å². The van der Waals surface area contributed by atoms with Gasteiger partial charge in [-0.05, 0) is 38.7 Å². The number of benzene rings is 2. The van der Waals surface area contributed by atoms with Crippen molar-refractivity contribution in [2.75, 3.05) is 32.5 Å². The third-order valence-electron chi connectivity index (χ3n) is 4.61. The number of sulfonamides is 1. The molecular formula is C18H21N3O6S. The number of hydrogen-bond donors (Lipinski definition) is 1. The van der Waals surface area contributed by atoms with Crippen molar-refractivity contribution in [3.8, 4) is 11.5 Å². The molecule has 0 unspecified atom stereocenters. The number of methoxy groups -OCH3 is 1. The molecule has 3 rings (SSSR count). The average molecular weight is 407 g/mol. The van der Waals surface area contributed by atoms with Crippen LogP contribution < -0.4 is 14.2 Å². The minimum absolute atomic E-state index is 0.130. The molecule has 150 valence electrons. The number of non-ortho nitro benzene ring substituents is 1. The number of rotatable bonds is 6. The van der Waals surface area contributed by atoms with Gasteiger partial charge < -0.3 is 14.4 Å². The second-order valence-corrected chi connectivity index (χ2v) is 8.30. The highest BCUT2D eigenvalue weighted by Crippen LogP contribution is 2.40. The fourth-order valence-corrected chi connectivity index (χ4v) is 4.11. The standard InChI is InChI=1S/C18H21N3O6S/c1-20(2)13-10-15-17(26-3)8-7-16(18(15)27-11-13)19-28(24,25)14-6-4-5-12(9-14)21(22)23/h4-9,13,19H,10-11H2,1-3H3/t13-/m1/s1. The summed E-state index contributed by atoms with van der Waals surface area (Å²) in [5, 5.41) is 10.9. The molecule has 9 nitrogen and oxygen atoms in total. The molecule has 0 radical (unpaired) electrons. The number of fused-ring (bicyclic) bond motifs is 1. The first-order chi connectivity index (χ1) is 13.2. The van der Waals surface area contributed by atoms with Gasteiger partial charge in [0.1, 0.15) is 18.1 Å². The largest absolute Gasteiger partial charge is 0.496 e. The van der Waals surface area contributed by atoms with E-state index in [-0.39, 0.29) is 22.3 Å². The topological polar surface area (TPSA) is 111 Å². The van der Waals surface area contributed by atoms with Crippen molar-refractivity contribution in [3.63, 3.8) is 0 Å². The molecule has 0 saturated carbocycles. The fourth-order valence-electron chi connectivity index (χ4n) is 3.01. The quantitative estimate of drug-likeness (QED) is 0.577. The molecule has 1 N–H and O–H groups in total. The van der Waals surface area contributed by atoms with Crippen LogP contribution in [0.3, 0.4) is 0 Å². The number of nitro groups is 1. The minimum Gasteiger partial charge on any atom is -0.496 e. The van der Waals surface area contributed by atoms with Crippen LogP contribution in [-0.4, -0.2) is 52.1 Å². The number of ether oxygens (including phenoxy) is 2. The number of nitro benzene ring substituents is 1. The Morgan fingerprint density at radius 1 is 1.29 bits per heavy atom. The zero-order valence-electron chi connectivity index (χ0n) is 15.7. The molecule has 0 spiro atoms. The van der Waals surface area contributed by atoms with E-state index in [0.717, 1.165) is 11.6 Å². The molecule has 10 heteroatoms. The van der Waals surface area contributed by atoms with Crippen LogP contribution in [0.1, 0.15) is 5.56 Å². The first kappa shape index (κ1) is 19.9. The molecule has 0 saturated heterocycles. The molecule has 1 heterocycles. The van der Waals surface area contributed by atoms with Gasteiger partial charge in [-0.1, -0.05) is 6.07 Å². The lowest BCUT2D eigenvalue weighted by atomic mass is 10.00. The lowest BCUT2D eigenvalue weighted by Gasteiger charge is -2.32. The number of hydrogen-bond acceptors (Lipinski definition) is 7. The van der Waals surface area contributed by atoms with Gasteiger partial charge in [0, 0.05) is 23.7 Å². The van der Waals surface area contributed by atoms with E-state index in [9.17, 15) is 18.5 Å². The fraction of sp³-hybridized carbons (Fsp3) is 0.333. The maximum absolute atomic E-state index is 12.8. The Morgan fingerprint density at radius 3 is 2.68 bits per heavy atom. The highest BCUT2D eigenvalue weighted by molar-refractivity contribution is 7.92. The number of anilines is 1. The van der Waals surface area contributed by atoms with E-state index in [2.05, 4.69) is 4.72 Å². The highest BCUT2D eigenvalue weighted by Gasteiger charge is 2.28. The summed E-state index contributed by atoms with van der Waals surface area (Å²) in [5.74, 6) is 1.02. The first-order valence-corrected chi connectivity index (χ1v) is 9.97. The molecule has 1 atom stereocenters. The van der Waals surface area contributed by atoms with Gasteiger partial charge in [0.05, 0.1) is 22.6 Å². The minimum atomic E-state index is -4.04. The van der Waals surface area contributed by atoms with Crippen LogP contribution in [-0.2, 0) is 16.4 Å². The third kappa shape index (κ3) is 3.87. The van der Waals surface area contributed by atoms with Gasteiger partial charge >= 0.3 is 0 Å². The summed E-state index contributed by atoms with van der Waals surface area (Å²) < 4.78 is 39.3.